The molecule has 0 aromatic rings. The Labute approximate surface area is 172 Å². The van der Waals surface area contributed by atoms with Crippen molar-refractivity contribution in [3.8, 4) is 0 Å². The van der Waals surface area contributed by atoms with Gasteiger partial charge in [-0.15, -0.1) is 0 Å². The second kappa shape index (κ2) is 6.71. The van der Waals surface area contributed by atoms with Crippen LogP contribution in [0.1, 0.15) is 91.9 Å². The summed E-state index contributed by atoms with van der Waals surface area (Å²) in [5.74, 6) is 5.55. The van der Waals surface area contributed by atoms with Gasteiger partial charge in [0, 0.05) is 0 Å². The number of rotatable bonds is 2. The lowest BCUT2D eigenvalue weighted by atomic mass is 9.49. The van der Waals surface area contributed by atoms with Gasteiger partial charge in [0.1, 0.15) is 0 Å². The van der Waals surface area contributed by atoms with E-state index in [9.17, 15) is 10.2 Å². The van der Waals surface area contributed by atoms with E-state index in [1.807, 2.05) is 0 Å². The van der Waals surface area contributed by atoms with E-state index in [-0.39, 0.29) is 12.2 Å². The highest BCUT2D eigenvalue weighted by Crippen LogP contribution is 2.76. The monoisotopic (exact) mass is 388 g/mol. The molecule has 5 aliphatic carbocycles. The molecule has 5 rings (SSSR count). The van der Waals surface area contributed by atoms with Crippen molar-refractivity contribution in [3.63, 3.8) is 0 Å². The minimum absolute atomic E-state index is 0.0822. The summed E-state index contributed by atoms with van der Waals surface area (Å²) in [6.45, 7) is 9.21. The third-order valence-electron chi connectivity index (χ3n) is 11.1. The van der Waals surface area contributed by atoms with Crippen LogP contribution >= 0.6 is 0 Å². The largest absolute Gasteiger partial charge is 0.393 e. The molecule has 0 spiro atoms. The average Bonchev–Trinajstić information content (AvgIpc) is 3.19. The Morgan fingerprint density at radius 1 is 0.714 bits per heavy atom. The van der Waals surface area contributed by atoms with Gasteiger partial charge >= 0.3 is 0 Å². The van der Waals surface area contributed by atoms with Crippen LogP contribution < -0.4 is 0 Å². The summed E-state index contributed by atoms with van der Waals surface area (Å²) >= 11 is 0. The van der Waals surface area contributed by atoms with Crippen LogP contribution in [0.4, 0.5) is 0 Å². The summed E-state index contributed by atoms with van der Waals surface area (Å²) in [6, 6.07) is 0. The number of aliphatic hydroxyl groups excluding tert-OH is 2. The second-order valence-corrected chi connectivity index (χ2v) is 12.7. The molecule has 2 nitrogen and oxygen atoms in total. The van der Waals surface area contributed by atoms with Gasteiger partial charge in [0.05, 0.1) is 12.2 Å². The predicted octanol–water partition coefficient (Wildman–Crippen LogP) is 5.66. The Morgan fingerprint density at radius 3 is 1.82 bits per heavy atom. The Bertz CT molecular complexity index is 579. The third-order valence-corrected chi connectivity index (χ3v) is 11.1. The lowest BCUT2D eigenvalue weighted by Gasteiger charge is -2.57. The zero-order valence-corrected chi connectivity index (χ0v) is 18.7. The van der Waals surface area contributed by atoms with Gasteiger partial charge in [-0.1, -0.05) is 40.5 Å². The molecule has 0 aliphatic heterocycles. The fourth-order valence-corrected chi connectivity index (χ4v) is 9.99. The molecule has 5 fully saturated rings. The van der Waals surface area contributed by atoms with Crippen LogP contribution in [-0.4, -0.2) is 22.4 Å². The minimum atomic E-state index is -0.0823. The van der Waals surface area contributed by atoms with Crippen molar-refractivity contribution < 1.29 is 10.2 Å². The van der Waals surface area contributed by atoms with Crippen LogP contribution in [0.2, 0.25) is 0 Å². The summed E-state index contributed by atoms with van der Waals surface area (Å²) in [6.07, 6.45) is 13.8. The molecular weight excluding hydrogens is 344 g/mol. The van der Waals surface area contributed by atoms with E-state index in [0.717, 1.165) is 23.7 Å². The molecule has 160 valence electrons. The molecule has 8 unspecified atom stereocenters. The summed E-state index contributed by atoms with van der Waals surface area (Å²) in [5, 5.41) is 21.1. The van der Waals surface area contributed by atoms with Gasteiger partial charge in [-0.25, -0.2) is 0 Å². The maximum absolute atomic E-state index is 10.6. The first kappa shape index (κ1) is 19.9. The van der Waals surface area contributed by atoms with E-state index < -0.39 is 0 Å². The van der Waals surface area contributed by atoms with Crippen LogP contribution in [0.15, 0.2) is 0 Å². The van der Waals surface area contributed by atoms with Gasteiger partial charge in [-0.05, 0) is 110 Å². The standard InChI is InChI=1S/C26H44O2/c1-15-8-20(9-16(2)23(15)27)25-12-19-6-5-7-26(14-25,22(19)13-25)21-10-17(3)24(28)18(4)11-21/h15-24,27-28H,5-14H2,1-4H3. The first-order valence-corrected chi connectivity index (χ1v) is 12.6. The molecule has 0 radical (unpaired) electrons. The van der Waals surface area contributed by atoms with Crippen molar-refractivity contribution in [1.82, 2.24) is 0 Å². The number of fused-ring (bicyclic) bond motifs is 1. The van der Waals surface area contributed by atoms with Gasteiger partial charge in [-0.2, -0.15) is 0 Å². The zero-order chi connectivity index (χ0) is 19.8. The van der Waals surface area contributed by atoms with Crippen molar-refractivity contribution in [1.29, 1.82) is 0 Å². The quantitative estimate of drug-likeness (QED) is 0.641. The van der Waals surface area contributed by atoms with E-state index in [2.05, 4.69) is 27.7 Å². The Morgan fingerprint density at radius 2 is 1.25 bits per heavy atom. The third kappa shape index (κ3) is 2.72. The molecule has 5 saturated carbocycles. The van der Waals surface area contributed by atoms with Crippen molar-refractivity contribution in [2.75, 3.05) is 0 Å². The van der Waals surface area contributed by atoms with Crippen molar-refractivity contribution in [2.45, 2.75) is 104 Å². The molecule has 0 amide bonds. The van der Waals surface area contributed by atoms with E-state index in [1.54, 1.807) is 0 Å². The van der Waals surface area contributed by atoms with Crippen LogP contribution in [0.25, 0.3) is 0 Å². The highest BCUT2D eigenvalue weighted by Gasteiger charge is 2.67. The van der Waals surface area contributed by atoms with Gasteiger partial charge in [0.15, 0.2) is 0 Å². The Hall–Kier alpha value is -0.0800. The van der Waals surface area contributed by atoms with Crippen LogP contribution in [0, 0.1) is 58.2 Å². The van der Waals surface area contributed by atoms with E-state index in [4.69, 9.17) is 0 Å². The summed E-state index contributed by atoms with van der Waals surface area (Å²) < 4.78 is 0. The Kier molecular flexibility index (Phi) is 4.76. The molecule has 2 N–H and O–H groups in total. The fourth-order valence-electron chi connectivity index (χ4n) is 9.99. The van der Waals surface area contributed by atoms with Gasteiger partial charge in [0.2, 0.25) is 0 Å². The number of hydrogen-bond donors (Lipinski definition) is 2. The number of hydrogen-bond acceptors (Lipinski definition) is 2. The maximum Gasteiger partial charge on any atom is 0.0591 e. The second-order valence-electron chi connectivity index (χ2n) is 12.7. The molecule has 5 aliphatic rings. The Balaban J connectivity index is 1.44. The summed E-state index contributed by atoms with van der Waals surface area (Å²) in [5.41, 5.74) is 1.17. The van der Waals surface area contributed by atoms with Crippen molar-refractivity contribution in [2.24, 2.45) is 58.2 Å². The van der Waals surface area contributed by atoms with Crippen molar-refractivity contribution in [3.05, 3.63) is 0 Å². The minimum Gasteiger partial charge on any atom is -0.393 e. The summed E-state index contributed by atoms with van der Waals surface area (Å²) in [4.78, 5) is 0. The molecule has 0 aromatic heterocycles. The molecule has 28 heavy (non-hydrogen) atoms. The first-order valence-electron chi connectivity index (χ1n) is 12.6. The number of aliphatic hydroxyl groups is 2. The van der Waals surface area contributed by atoms with Gasteiger partial charge in [0.25, 0.3) is 0 Å². The highest BCUT2D eigenvalue weighted by atomic mass is 16.3. The van der Waals surface area contributed by atoms with Crippen LogP contribution in [0.3, 0.4) is 0 Å². The van der Waals surface area contributed by atoms with Crippen molar-refractivity contribution >= 4 is 0 Å². The van der Waals surface area contributed by atoms with Gasteiger partial charge < -0.3 is 10.2 Å². The molecule has 0 aromatic carbocycles. The zero-order valence-electron chi connectivity index (χ0n) is 18.7. The lowest BCUT2D eigenvalue weighted by Crippen LogP contribution is -2.50. The normalized spacial score (nSPS) is 61.5. The smallest absolute Gasteiger partial charge is 0.0591 e. The first-order chi connectivity index (χ1) is 13.3. The average molecular weight is 389 g/mol. The van der Waals surface area contributed by atoms with E-state index >= 15 is 0 Å². The van der Waals surface area contributed by atoms with E-state index in [1.165, 1.54) is 64.2 Å². The van der Waals surface area contributed by atoms with Gasteiger partial charge in [-0.3, -0.25) is 0 Å². The van der Waals surface area contributed by atoms with E-state index in [0.29, 0.717) is 34.5 Å². The molecular formula is C26H44O2. The maximum atomic E-state index is 10.6. The van der Waals surface area contributed by atoms with Crippen LogP contribution in [0.5, 0.6) is 0 Å². The topological polar surface area (TPSA) is 40.5 Å². The molecule has 0 saturated heterocycles. The molecule has 0 heterocycles. The molecule has 2 heteroatoms. The molecule has 2 bridgehead atoms. The molecule has 8 atom stereocenters. The lowest BCUT2D eigenvalue weighted by molar-refractivity contribution is -0.0949. The fraction of sp³-hybridized carbons (Fsp3) is 1.00. The SMILES string of the molecule is CC1CC(C23CC4CCCC(C5CC(C)C(O)C(C)C5)(C2)C4C3)CC(C)C1O. The summed E-state index contributed by atoms with van der Waals surface area (Å²) in [7, 11) is 0. The highest BCUT2D eigenvalue weighted by molar-refractivity contribution is 5.17. The van der Waals surface area contributed by atoms with Crippen LogP contribution in [-0.2, 0) is 0 Å². The predicted molar refractivity (Wildman–Crippen MR) is 114 cm³/mol.